The highest BCUT2D eigenvalue weighted by Crippen LogP contribution is 2.23. The summed E-state index contributed by atoms with van der Waals surface area (Å²) >= 11 is 3.46. The Labute approximate surface area is 149 Å². The summed E-state index contributed by atoms with van der Waals surface area (Å²) in [6.07, 6.45) is 1.61. The van der Waals surface area contributed by atoms with Crippen molar-refractivity contribution < 1.29 is 0 Å². The van der Waals surface area contributed by atoms with E-state index >= 15 is 0 Å². The van der Waals surface area contributed by atoms with Gasteiger partial charge in [0.05, 0.1) is 6.20 Å². The van der Waals surface area contributed by atoms with Gasteiger partial charge in [0.15, 0.2) is 5.82 Å². The number of rotatable bonds is 4. The number of nitrogens with one attached hydrogen (secondary N) is 2. The van der Waals surface area contributed by atoms with Gasteiger partial charge in [0.1, 0.15) is 0 Å². The molecule has 3 aromatic rings. The van der Waals surface area contributed by atoms with E-state index in [4.69, 9.17) is 0 Å². The molecule has 0 aliphatic carbocycles. The highest BCUT2D eigenvalue weighted by molar-refractivity contribution is 9.10. The standard InChI is InChI=1S/C18H18BrN5/c1-11-6-12(2)8-15(7-11)21-17-10-20-24-18(23-17)22-16-5-4-14(19)9-13(16)3/h4-10H,1-3H3,(H2,21,22,23,24). The van der Waals surface area contributed by atoms with Crippen molar-refractivity contribution in [1.82, 2.24) is 15.2 Å². The first kappa shape index (κ1) is 16.4. The van der Waals surface area contributed by atoms with Crippen LogP contribution in [0.2, 0.25) is 0 Å². The predicted molar refractivity (Wildman–Crippen MR) is 101 cm³/mol. The molecule has 5 nitrogen and oxygen atoms in total. The van der Waals surface area contributed by atoms with E-state index in [1.54, 1.807) is 6.20 Å². The fraction of sp³-hybridized carbons (Fsp3) is 0.167. The molecule has 24 heavy (non-hydrogen) atoms. The molecule has 2 N–H and O–H groups in total. The molecule has 0 aliphatic heterocycles. The van der Waals surface area contributed by atoms with Gasteiger partial charge >= 0.3 is 0 Å². The summed E-state index contributed by atoms with van der Waals surface area (Å²) < 4.78 is 1.04. The van der Waals surface area contributed by atoms with Gasteiger partial charge in [0.2, 0.25) is 5.95 Å². The molecule has 0 aliphatic rings. The van der Waals surface area contributed by atoms with Crippen LogP contribution in [-0.2, 0) is 0 Å². The number of benzene rings is 2. The third-order valence-electron chi connectivity index (χ3n) is 3.49. The average molecular weight is 384 g/mol. The molecule has 122 valence electrons. The zero-order valence-corrected chi connectivity index (χ0v) is 15.3. The summed E-state index contributed by atoms with van der Waals surface area (Å²) in [7, 11) is 0. The Hall–Kier alpha value is -2.47. The number of nitrogens with zero attached hydrogens (tertiary/aromatic N) is 3. The molecule has 0 spiro atoms. The van der Waals surface area contributed by atoms with Crippen LogP contribution in [0.4, 0.5) is 23.1 Å². The SMILES string of the molecule is Cc1cc(C)cc(Nc2cnnc(Nc3ccc(Br)cc3C)n2)c1. The van der Waals surface area contributed by atoms with Gasteiger partial charge in [0, 0.05) is 15.8 Å². The number of hydrogen-bond donors (Lipinski definition) is 2. The molecule has 6 heteroatoms. The number of halogens is 1. The van der Waals surface area contributed by atoms with Crippen molar-refractivity contribution in [2.75, 3.05) is 10.6 Å². The molecule has 0 saturated carbocycles. The molecule has 1 heterocycles. The van der Waals surface area contributed by atoms with E-state index in [1.165, 1.54) is 11.1 Å². The molecule has 0 saturated heterocycles. The number of aromatic nitrogens is 3. The predicted octanol–water partition coefficient (Wildman–Crippen LogP) is 5.05. The van der Waals surface area contributed by atoms with E-state index in [2.05, 4.69) is 73.8 Å². The topological polar surface area (TPSA) is 62.7 Å². The maximum absolute atomic E-state index is 4.48. The Morgan fingerprint density at radius 1 is 0.917 bits per heavy atom. The Kier molecular flexibility index (Phi) is 4.76. The minimum atomic E-state index is 0.454. The molecule has 0 unspecified atom stereocenters. The molecule has 3 rings (SSSR count). The second kappa shape index (κ2) is 6.97. The van der Waals surface area contributed by atoms with Crippen molar-refractivity contribution in [2.24, 2.45) is 0 Å². The van der Waals surface area contributed by atoms with Crippen molar-refractivity contribution in [2.45, 2.75) is 20.8 Å². The maximum Gasteiger partial charge on any atom is 0.249 e. The van der Waals surface area contributed by atoms with Crippen LogP contribution in [-0.4, -0.2) is 15.2 Å². The molecule has 2 aromatic carbocycles. The molecule has 1 aromatic heterocycles. The minimum absolute atomic E-state index is 0.454. The fourth-order valence-corrected chi connectivity index (χ4v) is 2.97. The van der Waals surface area contributed by atoms with Crippen LogP contribution in [0.25, 0.3) is 0 Å². The van der Waals surface area contributed by atoms with E-state index < -0.39 is 0 Å². The van der Waals surface area contributed by atoms with E-state index in [1.807, 2.05) is 25.1 Å². The van der Waals surface area contributed by atoms with E-state index in [-0.39, 0.29) is 0 Å². The van der Waals surface area contributed by atoms with Gasteiger partial charge < -0.3 is 10.6 Å². The van der Waals surface area contributed by atoms with E-state index in [9.17, 15) is 0 Å². The number of aryl methyl sites for hydroxylation is 3. The fourth-order valence-electron chi connectivity index (χ4n) is 2.50. The van der Waals surface area contributed by atoms with Gasteiger partial charge in [-0.15, -0.1) is 5.10 Å². The van der Waals surface area contributed by atoms with Crippen molar-refractivity contribution in [3.63, 3.8) is 0 Å². The minimum Gasteiger partial charge on any atom is -0.339 e. The summed E-state index contributed by atoms with van der Waals surface area (Å²) in [6, 6.07) is 12.3. The van der Waals surface area contributed by atoms with Gasteiger partial charge in [-0.3, -0.25) is 0 Å². The normalized spacial score (nSPS) is 10.5. The van der Waals surface area contributed by atoms with E-state index in [0.29, 0.717) is 11.8 Å². The van der Waals surface area contributed by atoms with Crippen molar-refractivity contribution in [1.29, 1.82) is 0 Å². The molecule has 0 amide bonds. The summed E-state index contributed by atoms with van der Waals surface area (Å²) in [6.45, 7) is 6.16. The number of hydrogen-bond acceptors (Lipinski definition) is 5. The molecule has 0 fully saturated rings. The van der Waals surface area contributed by atoms with Gasteiger partial charge in [-0.25, -0.2) is 0 Å². The van der Waals surface area contributed by atoms with Crippen LogP contribution < -0.4 is 10.6 Å². The van der Waals surface area contributed by atoms with E-state index in [0.717, 1.165) is 21.4 Å². The summed E-state index contributed by atoms with van der Waals surface area (Å²) in [5.41, 5.74) is 5.43. The average Bonchev–Trinajstić information content (AvgIpc) is 2.49. The second-order valence-corrected chi connectivity index (χ2v) is 6.67. The first-order valence-electron chi connectivity index (χ1n) is 7.58. The van der Waals surface area contributed by atoms with Crippen LogP contribution in [0, 0.1) is 20.8 Å². The third kappa shape index (κ3) is 4.08. The molecule has 0 bridgehead atoms. The summed E-state index contributed by atoms with van der Waals surface area (Å²) in [5, 5.41) is 14.6. The van der Waals surface area contributed by atoms with Crippen LogP contribution in [0.5, 0.6) is 0 Å². The first-order valence-corrected chi connectivity index (χ1v) is 8.37. The van der Waals surface area contributed by atoms with Crippen LogP contribution >= 0.6 is 15.9 Å². The monoisotopic (exact) mass is 383 g/mol. The summed E-state index contributed by atoms with van der Waals surface area (Å²) in [5.74, 6) is 1.10. The van der Waals surface area contributed by atoms with Crippen molar-refractivity contribution >= 4 is 39.1 Å². The Balaban J connectivity index is 1.81. The quantitative estimate of drug-likeness (QED) is 0.659. The second-order valence-electron chi connectivity index (χ2n) is 5.75. The van der Waals surface area contributed by atoms with Crippen LogP contribution in [0.15, 0.2) is 47.1 Å². The largest absolute Gasteiger partial charge is 0.339 e. The highest BCUT2D eigenvalue weighted by Gasteiger charge is 2.05. The van der Waals surface area contributed by atoms with Gasteiger partial charge in [-0.2, -0.15) is 10.1 Å². The lowest BCUT2D eigenvalue weighted by atomic mass is 10.1. The Morgan fingerprint density at radius 3 is 2.38 bits per heavy atom. The van der Waals surface area contributed by atoms with Crippen LogP contribution in [0.1, 0.15) is 16.7 Å². The zero-order chi connectivity index (χ0) is 17.1. The Morgan fingerprint density at radius 2 is 1.67 bits per heavy atom. The lowest BCUT2D eigenvalue weighted by Crippen LogP contribution is -2.03. The molecular formula is C18H18BrN5. The van der Waals surface area contributed by atoms with Gasteiger partial charge in [-0.05, 0) is 67.8 Å². The smallest absolute Gasteiger partial charge is 0.249 e. The van der Waals surface area contributed by atoms with Gasteiger partial charge in [-0.1, -0.05) is 22.0 Å². The molecule has 0 atom stereocenters. The van der Waals surface area contributed by atoms with Gasteiger partial charge in [0.25, 0.3) is 0 Å². The Bertz CT molecular complexity index is 859. The highest BCUT2D eigenvalue weighted by atomic mass is 79.9. The lowest BCUT2D eigenvalue weighted by Gasteiger charge is -2.10. The zero-order valence-electron chi connectivity index (χ0n) is 13.8. The van der Waals surface area contributed by atoms with Crippen molar-refractivity contribution in [3.8, 4) is 0 Å². The molecule has 0 radical (unpaired) electrons. The first-order chi connectivity index (χ1) is 11.5. The van der Waals surface area contributed by atoms with Crippen LogP contribution in [0.3, 0.4) is 0 Å². The third-order valence-corrected chi connectivity index (χ3v) is 3.98. The molecular weight excluding hydrogens is 366 g/mol. The summed E-state index contributed by atoms with van der Waals surface area (Å²) in [4.78, 5) is 4.48. The number of anilines is 4. The van der Waals surface area contributed by atoms with Crippen molar-refractivity contribution in [3.05, 3.63) is 63.8 Å². The lowest BCUT2D eigenvalue weighted by molar-refractivity contribution is 0.981. The maximum atomic E-state index is 4.48.